The number of benzene rings is 1. The molecule has 0 radical (unpaired) electrons. The lowest BCUT2D eigenvalue weighted by Crippen LogP contribution is -2.46. The molecule has 0 saturated carbocycles. The van der Waals surface area contributed by atoms with Gasteiger partial charge in [0.05, 0.1) is 12.1 Å². The molecule has 2 aliphatic rings. The number of furan rings is 1. The number of anilines is 1. The lowest BCUT2D eigenvalue weighted by Gasteiger charge is -2.35. The van der Waals surface area contributed by atoms with Gasteiger partial charge < -0.3 is 19.2 Å². The van der Waals surface area contributed by atoms with E-state index < -0.39 is 0 Å². The first-order valence-electron chi connectivity index (χ1n) is 11.5. The zero-order valence-corrected chi connectivity index (χ0v) is 18.5. The topological polar surface area (TPSA) is 74.9 Å². The predicted octanol–water partition coefficient (Wildman–Crippen LogP) is 4.31. The molecule has 1 aromatic carbocycles. The van der Waals surface area contributed by atoms with Crippen molar-refractivity contribution in [3.63, 3.8) is 0 Å². The van der Waals surface area contributed by atoms with Crippen LogP contribution in [0.15, 0.2) is 46.9 Å². The van der Waals surface area contributed by atoms with Gasteiger partial charge >= 0.3 is 0 Å². The Balaban J connectivity index is 1.22. The van der Waals surface area contributed by atoms with Crippen LogP contribution in [0.5, 0.6) is 5.75 Å². The molecule has 2 aliphatic heterocycles. The minimum absolute atomic E-state index is 0.119. The second-order valence-electron chi connectivity index (χ2n) is 8.63. The summed E-state index contributed by atoms with van der Waals surface area (Å²) in [5.41, 5.74) is 1.55. The van der Waals surface area contributed by atoms with Crippen molar-refractivity contribution in [3.8, 4) is 17.1 Å². The zero-order valence-electron chi connectivity index (χ0n) is 18.5. The first-order valence-corrected chi connectivity index (χ1v) is 11.5. The van der Waals surface area contributed by atoms with Crippen molar-refractivity contribution in [1.82, 2.24) is 14.9 Å². The van der Waals surface area contributed by atoms with Crippen LogP contribution in [-0.2, 0) is 11.3 Å². The maximum atomic E-state index is 10.2. The maximum Gasteiger partial charge on any atom is 0.165 e. The standard InChI is InChI=1S/C25H30N4O3/c1-18-16-24(27-25(26-18)20-6-2-3-7-21(20)30)29-13-11-28(12-14-29)17-19-9-10-23(32-19)22-8-4-5-15-31-22/h2-3,6-7,9-10,16,22,30H,4-5,8,11-15,17H2,1H3. The van der Waals surface area contributed by atoms with Gasteiger partial charge in [-0.25, -0.2) is 9.97 Å². The number of para-hydroxylation sites is 1. The van der Waals surface area contributed by atoms with Crippen LogP contribution in [0.1, 0.15) is 42.6 Å². The Bertz CT molecular complexity index is 1050. The van der Waals surface area contributed by atoms with E-state index in [9.17, 15) is 5.11 Å². The van der Waals surface area contributed by atoms with Crippen molar-refractivity contribution in [3.05, 3.63) is 59.7 Å². The van der Waals surface area contributed by atoms with Crippen LogP contribution in [0, 0.1) is 6.92 Å². The van der Waals surface area contributed by atoms with Crippen LogP contribution in [0.3, 0.4) is 0 Å². The molecule has 7 nitrogen and oxygen atoms in total. The molecule has 7 heteroatoms. The molecule has 168 valence electrons. The minimum atomic E-state index is 0.119. The number of nitrogens with zero attached hydrogens (tertiary/aromatic N) is 4. The molecule has 0 amide bonds. The van der Waals surface area contributed by atoms with E-state index in [2.05, 4.69) is 26.9 Å². The van der Waals surface area contributed by atoms with Crippen molar-refractivity contribution < 1.29 is 14.3 Å². The molecule has 0 spiro atoms. The summed E-state index contributed by atoms with van der Waals surface area (Å²) in [6, 6.07) is 13.4. The fourth-order valence-corrected chi connectivity index (χ4v) is 4.47. The normalized spacial score (nSPS) is 19.9. The SMILES string of the molecule is Cc1cc(N2CCN(Cc3ccc(C4CCCCO4)o3)CC2)nc(-c2ccccc2O)n1. The lowest BCUT2D eigenvalue weighted by molar-refractivity contribution is 0.000833. The first kappa shape index (κ1) is 21.0. The third kappa shape index (κ3) is 4.64. The highest BCUT2D eigenvalue weighted by Gasteiger charge is 2.23. The van der Waals surface area contributed by atoms with E-state index in [1.54, 1.807) is 12.1 Å². The molecule has 2 saturated heterocycles. The van der Waals surface area contributed by atoms with Crippen LogP contribution in [0.4, 0.5) is 5.82 Å². The number of aromatic hydroxyl groups is 1. The average molecular weight is 435 g/mol. The summed E-state index contributed by atoms with van der Waals surface area (Å²) in [5.74, 6) is 3.64. The van der Waals surface area contributed by atoms with Gasteiger partial charge in [-0.2, -0.15) is 0 Å². The Morgan fingerprint density at radius 3 is 2.66 bits per heavy atom. The molecule has 0 bridgehead atoms. The van der Waals surface area contributed by atoms with Gasteiger partial charge in [0, 0.05) is 44.5 Å². The van der Waals surface area contributed by atoms with E-state index in [0.717, 1.165) is 75.2 Å². The van der Waals surface area contributed by atoms with E-state index in [4.69, 9.17) is 14.1 Å². The van der Waals surface area contributed by atoms with Crippen molar-refractivity contribution in [2.45, 2.75) is 38.8 Å². The highest BCUT2D eigenvalue weighted by Crippen LogP contribution is 2.30. The number of hydrogen-bond donors (Lipinski definition) is 1. The van der Waals surface area contributed by atoms with Crippen LogP contribution >= 0.6 is 0 Å². The molecule has 0 aliphatic carbocycles. The Morgan fingerprint density at radius 2 is 1.88 bits per heavy atom. The molecule has 3 aromatic rings. The van der Waals surface area contributed by atoms with Gasteiger partial charge in [-0.3, -0.25) is 4.90 Å². The third-order valence-electron chi connectivity index (χ3n) is 6.24. The van der Waals surface area contributed by atoms with Crippen LogP contribution < -0.4 is 4.90 Å². The van der Waals surface area contributed by atoms with Crippen molar-refractivity contribution in [2.75, 3.05) is 37.7 Å². The quantitative estimate of drug-likeness (QED) is 0.641. The monoisotopic (exact) mass is 434 g/mol. The molecule has 1 unspecified atom stereocenters. The van der Waals surface area contributed by atoms with E-state index in [1.807, 2.05) is 25.1 Å². The number of hydrogen-bond acceptors (Lipinski definition) is 7. The van der Waals surface area contributed by atoms with Crippen molar-refractivity contribution >= 4 is 5.82 Å². The summed E-state index contributed by atoms with van der Waals surface area (Å²) in [7, 11) is 0. The van der Waals surface area contributed by atoms with Gasteiger partial charge in [0.15, 0.2) is 5.82 Å². The van der Waals surface area contributed by atoms with Crippen LogP contribution in [0.25, 0.3) is 11.4 Å². The molecular weight excluding hydrogens is 404 g/mol. The van der Waals surface area contributed by atoms with Crippen LogP contribution in [0.2, 0.25) is 0 Å². The fourth-order valence-electron chi connectivity index (χ4n) is 4.47. The second kappa shape index (κ2) is 9.30. The average Bonchev–Trinajstić information content (AvgIpc) is 3.28. The Labute approximate surface area is 188 Å². The number of aromatic nitrogens is 2. The van der Waals surface area contributed by atoms with Gasteiger partial charge in [-0.1, -0.05) is 12.1 Å². The number of phenols is 1. The highest BCUT2D eigenvalue weighted by atomic mass is 16.5. The van der Waals surface area contributed by atoms with Gasteiger partial charge in [0.25, 0.3) is 0 Å². The summed E-state index contributed by atoms with van der Waals surface area (Å²) in [5, 5.41) is 10.2. The molecule has 5 rings (SSSR count). The van der Waals surface area contributed by atoms with Gasteiger partial charge in [0.2, 0.25) is 0 Å². The van der Waals surface area contributed by atoms with Gasteiger partial charge in [-0.05, 0) is 50.5 Å². The zero-order chi connectivity index (χ0) is 21.9. The molecule has 1 N–H and O–H groups in total. The maximum absolute atomic E-state index is 10.2. The summed E-state index contributed by atoms with van der Waals surface area (Å²) >= 11 is 0. The summed E-state index contributed by atoms with van der Waals surface area (Å²) in [6.45, 7) is 7.25. The van der Waals surface area contributed by atoms with E-state index in [1.165, 1.54) is 6.42 Å². The summed E-state index contributed by atoms with van der Waals surface area (Å²) in [4.78, 5) is 14.0. The van der Waals surface area contributed by atoms with Crippen LogP contribution in [-0.4, -0.2) is 52.8 Å². The molecule has 32 heavy (non-hydrogen) atoms. The predicted molar refractivity (Wildman–Crippen MR) is 123 cm³/mol. The summed E-state index contributed by atoms with van der Waals surface area (Å²) in [6.07, 6.45) is 3.52. The van der Waals surface area contributed by atoms with Crippen molar-refractivity contribution in [1.29, 1.82) is 0 Å². The first-order chi connectivity index (χ1) is 15.7. The minimum Gasteiger partial charge on any atom is -0.507 e. The number of aryl methyl sites for hydroxylation is 1. The van der Waals surface area contributed by atoms with E-state index in [0.29, 0.717) is 11.4 Å². The molecular formula is C25H30N4O3. The lowest BCUT2D eigenvalue weighted by atomic mass is 10.1. The largest absolute Gasteiger partial charge is 0.507 e. The molecule has 1 atom stereocenters. The Hall–Kier alpha value is -2.90. The second-order valence-corrected chi connectivity index (χ2v) is 8.63. The van der Waals surface area contributed by atoms with E-state index >= 15 is 0 Å². The Kier molecular flexibility index (Phi) is 6.10. The van der Waals surface area contributed by atoms with Crippen molar-refractivity contribution in [2.24, 2.45) is 0 Å². The Morgan fingerprint density at radius 1 is 1.03 bits per heavy atom. The number of rotatable bonds is 5. The fraction of sp³-hybridized carbons (Fsp3) is 0.440. The molecule has 4 heterocycles. The molecule has 2 fully saturated rings. The highest BCUT2D eigenvalue weighted by molar-refractivity contribution is 5.65. The van der Waals surface area contributed by atoms with Gasteiger partial charge in [0.1, 0.15) is 29.2 Å². The number of piperazine rings is 1. The molecule has 2 aromatic heterocycles. The smallest absolute Gasteiger partial charge is 0.165 e. The van der Waals surface area contributed by atoms with Gasteiger partial charge in [-0.15, -0.1) is 0 Å². The number of ether oxygens (including phenoxy) is 1. The number of phenolic OH excluding ortho intramolecular Hbond substituents is 1. The summed E-state index contributed by atoms with van der Waals surface area (Å²) < 4.78 is 12.0. The van der Waals surface area contributed by atoms with E-state index in [-0.39, 0.29) is 11.9 Å². The third-order valence-corrected chi connectivity index (χ3v) is 6.24.